The molecule has 3 atom stereocenters. The molecule has 1 saturated heterocycles. The Morgan fingerprint density at radius 2 is 2.07 bits per heavy atom. The number of thioether (sulfide) groups is 1. The second-order valence-electron chi connectivity index (χ2n) is 9.24. The third-order valence-corrected chi connectivity index (χ3v) is 8.94. The highest BCUT2D eigenvalue weighted by Crippen LogP contribution is 2.40. The van der Waals surface area contributed by atoms with Gasteiger partial charge in [-0.1, -0.05) is 28.1 Å². The molecule has 1 fully saturated rings. The lowest BCUT2D eigenvalue weighted by molar-refractivity contribution is -0.687. The number of nitrogens with one attached hydrogen (secondary N) is 1. The van der Waals surface area contributed by atoms with E-state index >= 15 is 0 Å². The summed E-state index contributed by atoms with van der Waals surface area (Å²) < 4.78 is 3.47. The van der Waals surface area contributed by atoms with Crippen LogP contribution in [0.15, 0.2) is 34.9 Å². The van der Waals surface area contributed by atoms with Crippen LogP contribution in [-0.2, 0) is 37.6 Å². The number of halogens is 1. The van der Waals surface area contributed by atoms with Crippen molar-refractivity contribution in [1.82, 2.24) is 24.8 Å². The summed E-state index contributed by atoms with van der Waals surface area (Å²) in [4.78, 5) is 64.2. The number of carbonyl (C=O) groups is 4. The summed E-state index contributed by atoms with van der Waals surface area (Å²) in [6.07, 6.45) is 2.12. The van der Waals surface area contributed by atoms with Gasteiger partial charge in [0.2, 0.25) is 12.1 Å². The number of nitrogens with two attached hydrogens (primary N) is 2. The van der Waals surface area contributed by atoms with Gasteiger partial charge >= 0.3 is 11.9 Å². The summed E-state index contributed by atoms with van der Waals surface area (Å²) in [5.74, 6) is -3.63. The van der Waals surface area contributed by atoms with Crippen LogP contribution in [-0.4, -0.2) is 82.4 Å². The molecule has 3 aromatic rings. The number of thiazole rings is 1. The quantitative estimate of drug-likeness (QED) is 0.0887. The zero-order valence-electron chi connectivity index (χ0n) is 21.8. The van der Waals surface area contributed by atoms with Crippen molar-refractivity contribution in [2.45, 2.75) is 31.0 Å². The predicted octanol–water partition coefficient (Wildman–Crippen LogP) is -0.232. The van der Waals surface area contributed by atoms with Crippen LogP contribution in [0.25, 0.3) is 11.0 Å². The molecule has 2 amide bonds. The van der Waals surface area contributed by atoms with Crippen molar-refractivity contribution in [3.05, 3.63) is 39.8 Å². The maximum atomic E-state index is 13.2. The minimum absolute atomic E-state index is 0.00758. The first-order valence-corrected chi connectivity index (χ1v) is 14.3. The molecule has 16 nitrogen and oxygen atoms in total. The van der Waals surface area contributed by atoms with Gasteiger partial charge in [-0.3, -0.25) is 14.5 Å². The molecule has 0 aliphatic carbocycles. The normalized spacial score (nSPS) is 19.4. The number of anilines is 2. The highest BCUT2D eigenvalue weighted by atomic mass is 35.5. The number of carbonyl (C=O) groups excluding carboxylic acids is 2. The molecule has 5 rings (SSSR count). The lowest BCUT2D eigenvalue weighted by atomic mass is 10.0. The highest BCUT2D eigenvalue weighted by Gasteiger charge is 2.55. The summed E-state index contributed by atoms with van der Waals surface area (Å²) in [5, 5.41) is 24.6. The monoisotopic (exact) mass is 636 g/mol. The van der Waals surface area contributed by atoms with E-state index in [1.807, 2.05) is 0 Å². The molecule has 1 unspecified atom stereocenters. The Morgan fingerprint density at radius 3 is 2.71 bits per heavy atom. The van der Waals surface area contributed by atoms with Crippen molar-refractivity contribution in [2.24, 2.45) is 12.2 Å². The van der Waals surface area contributed by atoms with Crippen LogP contribution in [0.5, 0.6) is 0 Å². The molecule has 5 heterocycles. The molecule has 0 spiro atoms. The second kappa shape index (κ2) is 11.1. The van der Waals surface area contributed by atoms with Gasteiger partial charge in [0.15, 0.2) is 29.8 Å². The van der Waals surface area contributed by atoms with E-state index in [4.69, 9.17) is 33.0 Å². The standard InChI is InChI=1S/C23H22ClN9O7S2/c1-8(20(36)37)40-30-13(12-16(24)42-23(26)29-12)17(34)28-14-18(35)33-15(21(38)39)9(7-41-19(14)33)5-32-4-3-10-11(6-32)31(2)22(25)27-10/h3-4,6,8,14,19,25H,5,7H2,1-2H3,(H5,26,28,29,34,36,37,38,39)/p+1/b30-13-/t8-,14+,19?/m0/s1. The Morgan fingerprint density at radius 1 is 1.33 bits per heavy atom. The zero-order chi connectivity index (χ0) is 30.5. The lowest BCUT2D eigenvalue weighted by Crippen LogP contribution is -2.71. The Balaban J connectivity index is 1.38. The molecule has 220 valence electrons. The Bertz CT molecular complexity index is 1720. The number of aliphatic carboxylic acids is 2. The van der Waals surface area contributed by atoms with Crippen LogP contribution >= 0.6 is 34.7 Å². The minimum atomic E-state index is -1.41. The molecule has 0 radical (unpaired) electrons. The van der Waals surface area contributed by atoms with Crippen LogP contribution in [0.1, 0.15) is 12.6 Å². The van der Waals surface area contributed by atoms with Crippen LogP contribution in [0.2, 0.25) is 4.34 Å². The van der Waals surface area contributed by atoms with E-state index in [1.54, 1.807) is 34.6 Å². The first-order chi connectivity index (χ1) is 19.9. The SMILES string of the molecule is C[C@H](O/N=C(\C(=O)N[C@@H]1C(=O)N2C(C(=O)O)=C(C[n+]3ccc4nc(N)n(C)c4c3)CSC12)c1nc(N)sc1Cl)C(=O)O. The summed E-state index contributed by atoms with van der Waals surface area (Å²) in [6, 6.07) is 0.644. The molecule has 0 aromatic carbocycles. The first-order valence-electron chi connectivity index (χ1n) is 12.1. The van der Waals surface area contributed by atoms with Gasteiger partial charge in [0, 0.05) is 24.4 Å². The van der Waals surface area contributed by atoms with Gasteiger partial charge in [-0.25, -0.2) is 19.6 Å². The third kappa shape index (κ3) is 5.19. The maximum absolute atomic E-state index is 13.2. The number of nitrogen functional groups attached to an aromatic ring is 2. The van der Waals surface area contributed by atoms with Gasteiger partial charge in [0.05, 0.1) is 0 Å². The predicted molar refractivity (Wildman–Crippen MR) is 151 cm³/mol. The molecule has 2 aliphatic heterocycles. The van der Waals surface area contributed by atoms with Gasteiger partial charge in [-0.2, -0.15) is 4.57 Å². The number of pyridine rings is 1. The van der Waals surface area contributed by atoms with Crippen molar-refractivity contribution < 1.29 is 38.8 Å². The van der Waals surface area contributed by atoms with Gasteiger partial charge in [-0.05, 0) is 6.92 Å². The smallest absolute Gasteiger partial charge is 0.352 e. The van der Waals surface area contributed by atoms with E-state index in [1.165, 1.54) is 18.7 Å². The van der Waals surface area contributed by atoms with E-state index in [0.29, 0.717) is 17.0 Å². The number of carboxylic acids is 2. The number of hydrogen-bond acceptors (Lipinski definition) is 12. The molecule has 0 bridgehead atoms. The number of β-lactam (4-membered cyclic amide) rings is 1. The van der Waals surface area contributed by atoms with Crippen LogP contribution in [0.3, 0.4) is 0 Å². The van der Waals surface area contributed by atoms with E-state index < -0.39 is 47.0 Å². The van der Waals surface area contributed by atoms with Crippen LogP contribution in [0, 0.1) is 0 Å². The summed E-state index contributed by atoms with van der Waals surface area (Å²) in [6.45, 7) is 1.38. The fraction of sp³-hybridized carbons (Fsp3) is 0.304. The van der Waals surface area contributed by atoms with Gasteiger partial charge < -0.3 is 36.4 Å². The minimum Gasteiger partial charge on any atom is -0.478 e. The molecule has 19 heteroatoms. The van der Waals surface area contributed by atoms with Crippen molar-refractivity contribution in [2.75, 3.05) is 17.2 Å². The molecule has 0 saturated carbocycles. The van der Waals surface area contributed by atoms with Crippen LogP contribution in [0.4, 0.5) is 11.1 Å². The average molecular weight is 637 g/mol. The van der Waals surface area contributed by atoms with Crippen molar-refractivity contribution in [3.8, 4) is 0 Å². The van der Waals surface area contributed by atoms with E-state index in [0.717, 1.165) is 21.8 Å². The Hall–Kier alpha value is -4.42. The van der Waals surface area contributed by atoms with Crippen molar-refractivity contribution in [3.63, 3.8) is 0 Å². The fourth-order valence-electron chi connectivity index (χ4n) is 4.36. The highest BCUT2D eigenvalue weighted by molar-refractivity contribution is 8.00. The number of aromatic nitrogens is 4. The summed E-state index contributed by atoms with van der Waals surface area (Å²) in [7, 11) is 1.76. The molecular formula is C23H23ClN9O7S2+. The van der Waals surface area contributed by atoms with Gasteiger partial charge in [-0.15, -0.1) is 11.8 Å². The number of aryl methyl sites for hydroxylation is 1. The van der Waals surface area contributed by atoms with Gasteiger partial charge in [0.1, 0.15) is 38.2 Å². The lowest BCUT2D eigenvalue weighted by Gasteiger charge is -2.49. The first kappa shape index (κ1) is 29.1. The number of rotatable bonds is 9. The number of hydrogen-bond donors (Lipinski definition) is 5. The molecule has 42 heavy (non-hydrogen) atoms. The summed E-state index contributed by atoms with van der Waals surface area (Å²) >= 11 is 8.27. The molecule has 7 N–H and O–H groups in total. The second-order valence-corrected chi connectivity index (χ2v) is 12.0. The number of oxime groups is 1. The largest absolute Gasteiger partial charge is 0.478 e. The van der Waals surface area contributed by atoms with Crippen molar-refractivity contribution >= 4 is 86.3 Å². The number of nitrogens with zero attached hydrogens (tertiary/aromatic N) is 6. The number of amides is 2. The Labute approximate surface area is 249 Å². The number of imidazole rings is 1. The molecular weight excluding hydrogens is 614 g/mol. The number of carboxylic acid groups (broad SMARTS) is 2. The average Bonchev–Trinajstić information content (AvgIpc) is 3.42. The third-order valence-electron chi connectivity index (χ3n) is 6.52. The topological polar surface area (TPSA) is 232 Å². The Kier molecular flexibility index (Phi) is 7.69. The van der Waals surface area contributed by atoms with Crippen LogP contribution < -0.4 is 21.4 Å². The fourth-order valence-corrected chi connectivity index (χ4v) is 6.62. The van der Waals surface area contributed by atoms with Gasteiger partial charge in [0.25, 0.3) is 11.8 Å². The maximum Gasteiger partial charge on any atom is 0.352 e. The molecule has 2 aliphatic rings. The van der Waals surface area contributed by atoms with Crippen molar-refractivity contribution in [1.29, 1.82) is 0 Å². The molecule has 3 aromatic heterocycles. The van der Waals surface area contributed by atoms with E-state index in [2.05, 4.69) is 20.4 Å². The van der Waals surface area contributed by atoms with E-state index in [-0.39, 0.29) is 33.2 Å². The summed E-state index contributed by atoms with van der Waals surface area (Å²) in [5.41, 5.74) is 12.7. The van der Waals surface area contributed by atoms with E-state index in [9.17, 15) is 24.3 Å². The number of fused-ring (bicyclic) bond motifs is 2. The zero-order valence-corrected chi connectivity index (χ0v) is 24.2.